The van der Waals surface area contributed by atoms with Gasteiger partial charge in [-0.15, -0.1) is 0 Å². The average molecular weight is 315 g/mol. The van der Waals surface area contributed by atoms with Gasteiger partial charge in [0.05, 0.1) is 6.54 Å². The second-order valence-electron chi connectivity index (χ2n) is 5.98. The molecule has 0 bridgehead atoms. The van der Waals surface area contributed by atoms with E-state index in [1.54, 1.807) is 16.7 Å². The minimum absolute atomic E-state index is 0.0811. The summed E-state index contributed by atoms with van der Waals surface area (Å²) in [5.41, 5.74) is 0.0811. The molecule has 0 saturated carbocycles. The van der Waals surface area contributed by atoms with Crippen molar-refractivity contribution in [2.75, 3.05) is 32.7 Å². The van der Waals surface area contributed by atoms with Crippen LogP contribution in [0.4, 0.5) is 0 Å². The fraction of sp³-hybridized carbons (Fsp3) is 0.529. The first-order chi connectivity index (χ1) is 11.3. The Kier molecular flexibility index (Phi) is 5.25. The molecule has 23 heavy (non-hydrogen) atoms. The van der Waals surface area contributed by atoms with Gasteiger partial charge in [0.1, 0.15) is 5.82 Å². The lowest BCUT2D eigenvalue weighted by atomic mass is 10.3. The van der Waals surface area contributed by atoms with Gasteiger partial charge in [-0.25, -0.2) is 4.98 Å². The fourth-order valence-corrected chi connectivity index (χ4v) is 3.05. The Morgan fingerprint density at radius 1 is 1.00 bits per heavy atom. The van der Waals surface area contributed by atoms with Crippen molar-refractivity contribution >= 4 is 0 Å². The molecule has 1 aliphatic heterocycles. The molecule has 3 heterocycles. The van der Waals surface area contributed by atoms with Gasteiger partial charge >= 0.3 is 0 Å². The number of piperazine rings is 1. The monoisotopic (exact) mass is 315 g/mol. The predicted octanol–water partition coefficient (Wildman–Crippen LogP) is 0.882. The zero-order valence-corrected chi connectivity index (χ0v) is 13.8. The topological polar surface area (TPSA) is 46.3 Å². The lowest BCUT2D eigenvalue weighted by Crippen LogP contribution is -2.47. The molecule has 3 rings (SSSR count). The summed E-state index contributed by atoms with van der Waals surface area (Å²) < 4.78 is 3.98. The van der Waals surface area contributed by atoms with E-state index in [-0.39, 0.29) is 5.56 Å². The van der Waals surface area contributed by atoms with Crippen LogP contribution in [0.5, 0.6) is 0 Å². The summed E-state index contributed by atoms with van der Waals surface area (Å²) in [7, 11) is 0. The number of aryl methyl sites for hydroxylation is 1. The first kappa shape index (κ1) is 16.0. The normalized spacial score (nSPS) is 16.7. The van der Waals surface area contributed by atoms with Crippen molar-refractivity contribution in [2.24, 2.45) is 0 Å². The Morgan fingerprint density at radius 3 is 2.52 bits per heavy atom. The maximum atomic E-state index is 11.7. The molecule has 1 fully saturated rings. The van der Waals surface area contributed by atoms with Crippen molar-refractivity contribution in [1.29, 1.82) is 0 Å². The Bertz CT molecular complexity index is 669. The van der Waals surface area contributed by atoms with Crippen LogP contribution >= 0.6 is 0 Å². The first-order valence-electron chi connectivity index (χ1n) is 8.36. The minimum atomic E-state index is 0.0811. The molecule has 2 aromatic heterocycles. The van der Waals surface area contributed by atoms with Crippen LogP contribution < -0.4 is 5.56 Å². The molecule has 2 aromatic rings. The second-order valence-corrected chi connectivity index (χ2v) is 5.98. The second kappa shape index (κ2) is 7.57. The number of hydrogen-bond acceptors (Lipinski definition) is 4. The van der Waals surface area contributed by atoms with Gasteiger partial charge in [-0.2, -0.15) is 0 Å². The summed E-state index contributed by atoms with van der Waals surface area (Å²) >= 11 is 0. The summed E-state index contributed by atoms with van der Waals surface area (Å²) in [6, 6.07) is 5.32. The highest BCUT2D eigenvalue weighted by Crippen LogP contribution is 2.07. The molecule has 1 aliphatic rings. The lowest BCUT2D eigenvalue weighted by molar-refractivity contribution is 0.121. The van der Waals surface area contributed by atoms with Crippen LogP contribution in [0.1, 0.15) is 12.7 Å². The summed E-state index contributed by atoms with van der Waals surface area (Å²) in [4.78, 5) is 21.1. The predicted molar refractivity (Wildman–Crippen MR) is 90.3 cm³/mol. The van der Waals surface area contributed by atoms with E-state index in [9.17, 15) is 4.79 Å². The zero-order valence-electron chi connectivity index (χ0n) is 13.8. The third-order valence-electron chi connectivity index (χ3n) is 4.53. The molecule has 6 nitrogen and oxygen atoms in total. The Labute approximate surface area is 137 Å². The van der Waals surface area contributed by atoms with Gasteiger partial charge in [-0.05, 0) is 13.0 Å². The minimum Gasteiger partial charge on any atom is -0.334 e. The summed E-state index contributed by atoms with van der Waals surface area (Å²) in [6.07, 6.45) is 5.79. The molecule has 0 aliphatic carbocycles. The lowest BCUT2D eigenvalue weighted by Gasteiger charge is -2.34. The standard InChI is InChI=1S/C17H25N5O/c1-2-21-8-6-18-16(21)15-20-11-9-19(10-12-20)13-14-22-7-4-3-5-17(22)23/h3-8H,2,9-15H2,1H3. The van der Waals surface area contributed by atoms with Gasteiger partial charge in [-0.3, -0.25) is 14.6 Å². The fourth-order valence-electron chi connectivity index (χ4n) is 3.05. The molecule has 0 atom stereocenters. The SMILES string of the molecule is CCn1ccnc1CN1CCN(CCn2ccccc2=O)CC1. The van der Waals surface area contributed by atoms with Crippen molar-refractivity contribution in [3.05, 3.63) is 53.0 Å². The molecule has 124 valence electrons. The molecule has 0 amide bonds. The van der Waals surface area contributed by atoms with Gasteiger partial charge < -0.3 is 9.13 Å². The molecule has 0 radical (unpaired) electrons. The number of pyridine rings is 1. The molecule has 1 saturated heterocycles. The van der Waals surface area contributed by atoms with Crippen molar-refractivity contribution in [3.8, 4) is 0 Å². The van der Waals surface area contributed by atoms with Gasteiger partial charge in [0.25, 0.3) is 5.56 Å². The van der Waals surface area contributed by atoms with Crippen LogP contribution in [0.2, 0.25) is 0 Å². The highest BCUT2D eigenvalue weighted by atomic mass is 16.1. The Morgan fingerprint density at radius 2 is 1.78 bits per heavy atom. The van der Waals surface area contributed by atoms with Gasteiger partial charge in [0.2, 0.25) is 0 Å². The van der Waals surface area contributed by atoms with Gasteiger partial charge in [0.15, 0.2) is 0 Å². The van der Waals surface area contributed by atoms with E-state index >= 15 is 0 Å². The van der Waals surface area contributed by atoms with Crippen molar-refractivity contribution in [3.63, 3.8) is 0 Å². The number of imidazole rings is 1. The smallest absolute Gasteiger partial charge is 0.250 e. The highest BCUT2D eigenvalue weighted by molar-refractivity contribution is 4.94. The number of rotatable bonds is 6. The average Bonchev–Trinajstić information content (AvgIpc) is 3.02. The van der Waals surface area contributed by atoms with Crippen LogP contribution in [0.15, 0.2) is 41.6 Å². The number of nitrogens with zero attached hydrogens (tertiary/aromatic N) is 5. The molecule has 0 unspecified atom stereocenters. The summed E-state index contributed by atoms with van der Waals surface area (Å²) in [6.45, 7) is 9.95. The van der Waals surface area contributed by atoms with E-state index < -0.39 is 0 Å². The largest absolute Gasteiger partial charge is 0.334 e. The third kappa shape index (κ3) is 4.09. The molecule has 0 aromatic carbocycles. The molecular formula is C17H25N5O. The molecule has 0 spiro atoms. The van der Waals surface area contributed by atoms with E-state index in [1.165, 1.54) is 0 Å². The van der Waals surface area contributed by atoms with Crippen molar-refractivity contribution in [1.82, 2.24) is 23.9 Å². The van der Waals surface area contributed by atoms with E-state index in [1.807, 2.05) is 24.7 Å². The van der Waals surface area contributed by atoms with E-state index in [0.29, 0.717) is 0 Å². The maximum Gasteiger partial charge on any atom is 0.250 e. The first-order valence-corrected chi connectivity index (χ1v) is 8.36. The Balaban J connectivity index is 1.45. The molecule has 6 heteroatoms. The van der Waals surface area contributed by atoms with Crippen molar-refractivity contribution in [2.45, 2.75) is 26.6 Å². The van der Waals surface area contributed by atoms with Crippen LogP contribution in [0.25, 0.3) is 0 Å². The number of aromatic nitrogens is 3. The van der Waals surface area contributed by atoms with E-state index in [2.05, 4.69) is 26.3 Å². The quantitative estimate of drug-likeness (QED) is 0.794. The van der Waals surface area contributed by atoms with Crippen LogP contribution in [0, 0.1) is 0 Å². The van der Waals surface area contributed by atoms with Gasteiger partial charge in [0, 0.05) is 70.5 Å². The summed E-state index contributed by atoms with van der Waals surface area (Å²) in [5, 5.41) is 0. The van der Waals surface area contributed by atoms with Crippen molar-refractivity contribution < 1.29 is 0 Å². The number of hydrogen-bond donors (Lipinski definition) is 0. The maximum absolute atomic E-state index is 11.7. The zero-order chi connectivity index (χ0) is 16.1. The highest BCUT2D eigenvalue weighted by Gasteiger charge is 2.18. The third-order valence-corrected chi connectivity index (χ3v) is 4.53. The van der Waals surface area contributed by atoms with E-state index in [4.69, 9.17) is 0 Å². The molecule has 0 N–H and O–H groups in total. The summed E-state index contributed by atoms with van der Waals surface area (Å²) in [5.74, 6) is 1.15. The van der Waals surface area contributed by atoms with Crippen LogP contribution in [0.3, 0.4) is 0 Å². The van der Waals surface area contributed by atoms with E-state index in [0.717, 1.165) is 58.2 Å². The van der Waals surface area contributed by atoms with Crippen LogP contribution in [-0.2, 0) is 19.6 Å². The Hall–Kier alpha value is -1.92. The molecular weight excluding hydrogens is 290 g/mol. The van der Waals surface area contributed by atoms with Crippen LogP contribution in [-0.4, -0.2) is 56.6 Å². The van der Waals surface area contributed by atoms with Gasteiger partial charge in [-0.1, -0.05) is 6.07 Å².